The van der Waals surface area contributed by atoms with Crippen LogP contribution in [0.5, 0.6) is 0 Å². The zero-order valence-electron chi connectivity index (χ0n) is 14.5. The minimum absolute atomic E-state index is 0.0490. The molecule has 0 radical (unpaired) electrons. The van der Waals surface area contributed by atoms with Crippen LogP contribution in [-0.4, -0.2) is 37.5 Å². The molecule has 3 aromatic rings. The molecule has 6 nitrogen and oxygen atoms in total. The van der Waals surface area contributed by atoms with Crippen molar-refractivity contribution in [2.45, 2.75) is 31.7 Å². The number of aromatic nitrogens is 4. The highest BCUT2D eigenvalue weighted by molar-refractivity contribution is 5.79. The number of benzene rings is 1. The van der Waals surface area contributed by atoms with Gasteiger partial charge in [0.25, 0.3) is 0 Å². The lowest BCUT2D eigenvalue weighted by atomic mass is 10.1. The summed E-state index contributed by atoms with van der Waals surface area (Å²) < 4.78 is 0. The zero-order chi connectivity index (χ0) is 17.8. The minimum atomic E-state index is 0.0490. The third kappa shape index (κ3) is 3.79. The molecule has 26 heavy (non-hydrogen) atoms. The maximum atomic E-state index is 12.3. The SMILES string of the molecule is O=C1C[C@@H](c2n[nH]c(CCc3ccccc3)n2)CN1Cc1ccccn1. The van der Waals surface area contributed by atoms with Gasteiger partial charge < -0.3 is 4.90 Å². The Morgan fingerprint density at radius 1 is 1.08 bits per heavy atom. The van der Waals surface area contributed by atoms with Gasteiger partial charge >= 0.3 is 0 Å². The van der Waals surface area contributed by atoms with E-state index in [0.29, 0.717) is 19.5 Å². The van der Waals surface area contributed by atoms with Crippen molar-refractivity contribution >= 4 is 5.91 Å². The predicted molar refractivity (Wildman–Crippen MR) is 97.2 cm³/mol. The number of likely N-dealkylation sites (tertiary alicyclic amines) is 1. The first-order chi connectivity index (χ1) is 12.8. The van der Waals surface area contributed by atoms with E-state index < -0.39 is 0 Å². The molecule has 1 saturated heterocycles. The van der Waals surface area contributed by atoms with Gasteiger partial charge in [0.15, 0.2) is 5.82 Å². The van der Waals surface area contributed by atoms with Crippen LogP contribution in [0.25, 0.3) is 0 Å². The average molecular weight is 347 g/mol. The summed E-state index contributed by atoms with van der Waals surface area (Å²) >= 11 is 0. The number of hydrogen-bond donors (Lipinski definition) is 1. The highest BCUT2D eigenvalue weighted by Gasteiger charge is 2.33. The molecule has 1 amide bonds. The van der Waals surface area contributed by atoms with Crippen molar-refractivity contribution < 1.29 is 4.79 Å². The highest BCUT2D eigenvalue weighted by Crippen LogP contribution is 2.26. The summed E-state index contributed by atoms with van der Waals surface area (Å²) in [6.45, 7) is 1.19. The molecule has 0 spiro atoms. The van der Waals surface area contributed by atoms with E-state index in [9.17, 15) is 4.79 Å². The van der Waals surface area contributed by atoms with Gasteiger partial charge in [0.05, 0.1) is 12.2 Å². The van der Waals surface area contributed by atoms with Gasteiger partial charge in [-0.25, -0.2) is 4.98 Å². The van der Waals surface area contributed by atoms with Crippen LogP contribution in [0.15, 0.2) is 54.7 Å². The number of H-pyrrole nitrogens is 1. The number of nitrogens with zero attached hydrogens (tertiary/aromatic N) is 4. The summed E-state index contributed by atoms with van der Waals surface area (Å²) in [5.74, 6) is 1.80. The van der Waals surface area contributed by atoms with Crippen molar-refractivity contribution in [2.24, 2.45) is 0 Å². The second-order valence-corrected chi connectivity index (χ2v) is 6.62. The Morgan fingerprint density at radius 2 is 1.92 bits per heavy atom. The Balaban J connectivity index is 1.36. The molecule has 3 heterocycles. The fourth-order valence-electron chi connectivity index (χ4n) is 3.30. The molecule has 1 aliphatic heterocycles. The van der Waals surface area contributed by atoms with Crippen LogP contribution in [0.4, 0.5) is 0 Å². The zero-order valence-corrected chi connectivity index (χ0v) is 14.5. The largest absolute Gasteiger partial charge is 0.336 e. The van der Waals surface area contributed by atoms with Crippen molar-refractivity contribution in [1.29, 1.82) is 0 Å². The molecule has 1 N–H and O–H groups in total. The molecule has 1 aliphatic rings. The van der Waals surface area contributed by atoms with Crippen LogP contribution < -0.4 is 0 Å². The van der Waals surface area contributed by atoms with Crippen molar-refractivity contribution in [3.05, 3.63) is 77.6 Å². The number of amides is 1. The highest BCUT2D eigenvalue weighted by atomic mass is 16.2. The molecule has 4 rings (SSSR count). The van der Waals surface area contributed by atoms with E-state index in [1.807, 2.05) is 41.3 Å². The standard InChI is InChI=1S/C20H21N5O/c26-19-12-16(13-25(19)14-17-8-4-5-11-21-17)20-22-18(23-24-20)10-9-15-6-2-1-3-7-15/h1-8,11,16H,9-10,12-14H2,(H,22,23,24)/t16-/m1/s1. The van der Waals surface area contributed by atoms with Crippen molar-refractivity contribution in [1.82, 2.24) is 25.1 Å². The molecule has 1 atom stereocenters. The lowest BCUT2D eigenvalue weighted by molar-refractivity contribution is -0.128. The molecule has 132 valence electrons. The summed E-state index contributed by atoms with van der Waals surface area (Å²) in [6.07, 6.45) is 3.95. The van der Waals surface area contributed by atoms with Crippen molar-refractivity contribution in [3.8, 4) is 0 Å². The van der Waals surface area contributed by atoms with Crippen LogP contribution in [0.3, 0.4) is 0 Å². The lowest BCUT2D eigenvalue weighted by Gasteiger charge is -2.15. The number of pyridine rings is 1. The van der Waals surface area contributed by atoms with Gasteiger partial charge in [-0.05, 0) is 24.1 Å². The van der Waals surface area contributed by atoms with Crippen molar-refractivity contribution in [2.75, 3.05) is 6.54 Å². The Labute approximate surface area is 152 Å². The van der Waals surface area contributed by atoms with Gasteiger partial charge in [-0.15, -0.1) is 0 Å². The quantitative estimate of drug-likeness (QED) is 0.743. The lowest BCUT2D eigenvalue weighted by Crippen LogP contribution is -2.24. The number of aromatic amines is 1. The molecule has 0 bridgehead atoms. The van der Waals surface area contributed by atoms with Gasteiger partial charge in [-0.1, -0.05) is 36.4 Å². The fraction of sp³-hybridized carbons (Fsp3) is 0.300. The summed E-state index contributed by atoms with van der Waals surface area (Å²) in [7, 11) is 0. The first-order valence-corrected chi connectivity index (χ1v) is 8.91. The van der Waals surface area contributed by atoms with E-state index >= 15 is 0 Å². The number of carbonyl (C=O) groups excluding carboxylic acids is 1. The molecular formula is C20H21N5O. The average Bonchev–Trinajstić information content (AvgIpc) is 3.29. The molecule has 0 aliphatic carbocycles. The van der Waals surface area contributed by atoms with Crippen LogP contribution >= 0.6 is 0 Å². The monoisotopic (exact) mass is 347 g/mol. The summed E-state index contributed by atoms with van der Waals surface area (Å²) in [4.78, 5) is 23.1. The van der Waals surface area contributed by atoms with Crippen LogP contribution in [-0.2, 0) is 24.2 Å². The molecule has 1 fully saturated rings. The number of hydrogen-bond acceptors (Lipinski definition) is 4. The second kappa shape index (κ2) is 7.47. The molecule has 0 saturated carbocycles. The molecule has 0 unspecified atom stereocenters. The molecule has 6 heteroatoms. The van der Waals surface area contributed by atoms with E-state index in [1.54, 1.807) is 6.20 Å². The topological polar surface area (TPSA) is 74.8 Å². The summed E-state index contributed by atoms with van der Waals surface area (Å²) in [5.41, 5.74) is 2.18. The Hall–Kier alpha value is -3.02. The predicted octanol–water partition coefficient (Wildman–Crippen LogP) is 2.50. The van der Waals surface area contributed by atoms with Gasteiger partial charge in [-0.3, -0.25) is 14.9 Å². The summed E-state index contributed by atoms with van der Waals surface area (Å²) in [6, 6.07) is 16.1. The van der Waals surface area contributed by atoms with Gasteiger partial charge in [0, 0.05) is 31.5 Å². The summed E-state index contributed by atoms with van der Waals surface area (Å²) in [5, 5.41) is 7.38. The minimum Gasteiger partial charge on any atom is -0.336 e. The first-order valence-electron chi connectivity index (χ1n) is 8.91. The second-order valence-electron chi connectivity index (χ2n) is 6.62. The number of carbonyl (C=O) groups is 1. The Morgan fingerprint density at radius 3 is 2.73 bits per heavy atom. The molecule has 2 aromatic heterocycles. The third-order valence-corrected chi connectivity index (χ3v) is 4.70. The maximum absolute atomic E-state index is 12.3. The van der Waals surface area contributed by atoms with Gasteiger partial charge in [0.2, 0.25) is 5.91 Å². The number of rotatable bonds is 6. The van der Waals surface area contributed by atoms with E-state index in [4.69, 9.17) is 0 Å². The fourth-order valence-corrected chi connectivity index (χ4v) is 3.30. The van der Waals surface area contributed by atoms with Crippen LogP contribution in [0.1, 0.15) is 35.2 Å². The van der Waals surface area contributed by atoms with Gasteiger partial charge in [-0.2, -0.15) is 5.10 Å². The molecular weight excluding hydrogens is 326 g/mol. The first kappa shape index (κ1) is 16.4. The Kier molecular flexibility index (Phi) is 4.73. The molecule has 1 aromatic carbocycles. The Bertz CT molecular complexity index is 862. The number of nitrogens with one attached hydrogen (secondary N) is 1. The third-order valence-electron chi connectivity index (χ3n) is 4.70. The maximum Gasteiger partial charge on any atom is 0.223 e. The van der Waals surface area contributed by atoms with E-state index in [-0.39, 0.29) is 11.8 Å². The normalized spacial score (nSPS) is 17.0. The van der Waals surface area contributed by atoms with Crippen molar-refractivity contribution in [3.63, 3.8) is 0 Å². The van der Waals surface area contributed by atoms with Crippen LogP contribution in [0, 0.1) is 0 Å². The van der Waals surface area contributed by atoms with E-state index in [1.165, 1.54) is 5.56 Å². The van der Waals surface area contributed by atoms with Crippen LogP contribution in [0.2, 0.25) is 0 Å². The van der Waals surface area contributed by atoms with E-state index in [2.05, 4.69) is 32.3 Å². The smallest absolute Gasteiger partial charge is 0.223 e. The number of aryl methyl sites for hydroxylation is 2. The van der Waals surface area contributed by atoms with E-state index in [0.717, 1.165) is 30.2 Å². The van der Waals surface area contributed by atoms with Gasteiger partial charge in [0.1, 0.15) is 5.82 Å².